The first-order valence-electron chi connectivity index (χ1n) is 15.2. The summed E-state index contributed by atoms with van der Waals surface area (Å²) >= 11 is 0. The number of amides is 1. The number of nitrogens with one attached hydrogen (secondary N) is 1. The minimum atomic E-state index is -2.36. The monoisotopic (exact) mass is 709 g/mol. The minimum Gasteiger partial charge on any atom is -0.420 e. The average Bonchev–Trinajstić information content (AvgIpc) is 3.08. The number of hydrogen-bond donors (Lipinski definition) is 3. The van der Waals surface area contributed by atoms with E-state index in [0.717, 1.165) is 6.61 Å². The number of rotatable bonds is 29. The van der Waals surface area contributed by atoms with E-state index in [4.69, 9.17) is 49.4 Å². The standard InChI is InChI=1S/C21H29F5N2O8.C8H19NO3/c22-16-17(23)19(25)21(20(26)18(16)24)36-15(30)2-5-32-8-7-31-4-1-14(29)28-13-35-12-11-34-10-9-33-6-3-27;1-2-10-5-6-12-8-7-11-4-3-9/h1-13,27H2,(H,28,29);2-9H2,1H3. The van der Waals surface area contributed by atoms with Gasteiger partial charge in [-0.1, -0.05) is 0 Å². The van der Waals surface area contributed by atoms with Crippen LogP contribution in [0.15, 0.2) is 0 Å². The van der Waals surface area contributed by atoms with Crippen LogP contribution in [0.25, 0.3) is 0 Å². The maximum atomic E-state index is 13.5. The summed E-state index contributed by atoms with van der Waals surface area (Å²) in [5.41, 5.74) is 10.5. The number of benzene rings is 1. The van der Waals surface area contributed by atoms with Gasteiger partial charge in [-0.2, -0.15) is 8.78 Å². The lowest BCUT2D eigenvalue weighted by molar-refractivity contribution is -0.136. The van der Waals surface area contributed by atoms with E-state index in [1.807, 2.05) is 6.92 Å². The van der Waals surface area contributed by atoms with E-state index in [2.05, 4.69) is 10.1 Å². The minimum absolute atomic E-state index is 0.0100. The molecule has 5 N–H and O–H groups in total. The Labute approximate surface area is 276 Å². The molecule has 1 rings (SSSR count). The predicted molar refractivity (Wildman–Crippen MR) is 160 cm³/mol. The van der Waals surface area contributed by atoms with E-state index in [9.17, 15) is 31.5 Å². The van der Waals surface area contributed by atoms with Crippen molar-refractivity contribution in [2.24, 2.45) is 11.5 Å². The van der Waals surface area contributed by atoms with Crippen molar-refractivity contribution >= 4 is 11.9 Å². The fourth-order valence-electron chi connectivity index (χ4n) is 2.96. The van der Waals surface area contributed by atoms with Crippen molar-refractivity contribution in [3.63, 3.8) is 0 Å². The smallest absolute Gasteiger partial charge is 0.313 e. The molecule has 0 heterocycles. The maximum Gasteiger partial charge on any atom is 0.313 e. The maximum absolute atomic E-state index is 13.5. The third-order valence-corrected chi connectivity index (χ3v) is 5.27. The summed E-state index contributed by atoms with van der Waals surface area (Å²) in [5.74, 6) is -14.6. The van der Waals surface area contributed by atoms with Crippen molar-refractivity contribution in [3.8, 4) is 5.75 Å². The van der Waals surface area contributed by atoms with Crippen LogP contribution < -0.4 is 21.5 Å². The first-order valence-corrected chi connectivity index (χ1v) is 15.2. The third-order valence-electron chi connectivity index (χ3n) is 5.27. The van der Waals surface area contributed by atoms with Crippen molar-refractivity contribution in [2.45, 2.75) is 19.8 Å². The number of ether oxygens (including phenoxy) is 9. The lowest BCUT2D eigenvalue weighted by atomic mass is 10.2. The molecule has 1 aromatic rings. The van der Waals surface area contributed by atoms with Gasteiger partial charge in [-0.3, -0.25) is 9.59 Å². The molecule has 1 aromatic carbocycles. The van der Waals surface area contributed by atoms with Crippen LogP contribution in [0.1, 0.15) is 19.8 Å². The molecule has 0 spiro atoms. The van der Waals surface area contributed by atoms with Crippen LogP contribution in [0, 0.1) is 29.1 Å². The van der Waals surface area contributed by atoms with Crippen molar-refractivity contribution in [2.75, 3.05) is 119 Å². The summed E-state index contributed by atoms with van der Waals surface area (Å²) in [5, 5.41) is 2.52. The van der Waals surface area contributed by atoms with Gasteiger partial charge in [0.2, 0.25) is 40.7 Å². The van der Waals surface area contributed by atoms with Gasteiger partial charge in [0, 0.05) is 19.7 Å². The lowest BCUT2D eigenvalue weighted by Gasteiger charge is -2.09. The molecule has 48 heavy (non-hydrogen) atoms. The van der Waals surface area contributed by atoms with Crippen molar-refractivity contribution in [1.29, 1.82) is 0 Å². The normalized spacial score (nSPS) is 10.9. The Morgan fingerprint density at radius 1 is 0.521 bits per heavy atom. The van der Waals surface area contributed by atoms with E-state index in [1.165, 1.54) is 0 Å². The summed E-state index contributed by atoms with van der Waals surface area (Å²) in [6.07, 6.45) is -0.457. The van der Waals surface area contributed by atoms with Gasteiger partial charge < -0.3 is 59.4 Å². The topological polar surface area (TPSA) is 181 Å². The third kappa shape index (κ3) is 23.7. The van der Waals surface area contributed by atoms with Gasteiger partial charge >= 0.3 is 5.97 Å². The van der Waals surface area contributed by atoms with Gasteiger partial charge in [-0.25, -0.2) is 13.2 Å². The molecule has 0 atom stereocenters. The number of esters is 1. The molecule has 0 unspecified atom stereocenters. The zero-order valence-electron chi connectivity index (χ0n) is 27.2. The molecule has 0 saturated heterocycles. The van der Waals surface area contributed by atoms with Crippen LogP contribution in [0.2, 0.25) is 0 Å². The van der Waals surface area contributed by atoms with Crippen LogP contribution in [0.5, 0.6) is 5.75 Å². The number of carbonyl (C=O) groups is 2. The number of carbonyl (C=O) groups excluding carboxylic acids is 2. The van der Waals surface area contributed by atoms with Gasteiger partial charge in [0.25, 0.3) is 0 Å². The highest BCUT2D eigenvalue weighted by molar-refractivity contribution is 5.75. The summed E-state index contributed by atoms with van der Waals surface area (Å²) < 4.78 is 111. The molecule has 0 aliphatic rings. The van der Waals surface area contributed by atoms with E-state index in [0.29, 0.717) is 79.2 Å². The van der Waals surface area contributed by atoms with Gasteiger partial charge in [0.15, 0.2) is 0 Å². The molecule has 0 radical (unpaired) electrons. The fraction of sp³-hybridized carbons (Fsp3) is 0.724. The molecule has 0 aliphatic heterocycles. The van der Waals surface area contributed by atoms with Crippen LogP contribution in [-0.2, 0) is 47.5 Å². The summed E-state index contributed by atoms with van der Waals surface area (Å²) in [6.45, 7) is 8.74. The molecule has 280 valence electrons. The van der Waals surface area contributed by atoms with Crippen LogP contribution in [0.3, 0.4) is 0 Å². The molecule has 14 nitrogen and oxygen atoms in total. The Hall–Kier alpha value is -2.59. The van der Waals surface area contributed by atoms with Crippen molar-refractivity contribution in [1.82, 2.24) is 5.32 Å². The van der Waals surface area contributed by atoms with Gasteiger partial charge in [-0.15, -0.1) is 0 Å². The first kappa shape index (κ1) is 45.4. The van der Waals surface area contributed by atoms with E-state index in [-0.39, 0.29) is 45.5 Å². The summed E-state index contributed by atoms with van der Waals surface area (Å²) in [7, 11) is 0. The lowest BCUT2D eigenvalue weighted by Crippen LogP contribution is -2.28. The second-order valence-electron chi connectivity index (χ2n) is 8.97. The van der Waals surface area contributed by atoms with Crippen molar-refractivity contribution < 1.29 is 74.2 Å². The van der Waals surface area contributed by atoms with Crippen LogP contribution in [-0.4, -0.2) is 131 Å². The van der Waals surface area contributed by atoms with E-state index < -0.39 is 47.2 Å². The number of hydrogen-bond acceptors (Lipinski definition) is 13. The van der Waals surface area contributed by atoms with Gasteiger partial charge in [-0.05, 0) is 6.92 Å². The Bertz CT molecular complexity index is 948. The summed E-state index contributed by atoms with van der Waals surface area (Å²) in [4.78, 5) is 23.2. The van der Waals surface area contributed by atoms with Crippen LogP contribution >= 0.6 is 0 Å². The second-order valence-corrected chi connectivity index (χ2v) is 8.97. The molecule has 0 aliphatic carbocycles. The number of nitrogens with two attached hydrogens (primary N) is 2. The number of halogens is 5. The quantitative estimate of drug-likeness (QED) is 0.0206. The molecule has 19 heteroatoms. The molecular weight excluding hydrogens is 661 g/mol. The fourth-order valence-corrected chi connectivity index (χ4v) is 2.96. The molecular formula is C29H48F5N3O11. The van der Waals surface area contributed by atoms with Gasteiger partial charge in [0.05, 0.1) is 105 Å². The van der Waals surface area contributed by atoms with Gasteiger partial charge in [0.1, 0.15) is 6.73 Å². The molecule has 1 amide bonds. The SMILES string of the molecule is CCOCCOCCOCCN.NCCOCCOCCOCNC(=O)CCOCCOCCC(=O)Oc1c(F)c(F)c(F)c(F)c1F. The Morgan fingerprint density at radius 3 is 1.35 bits per heavy atom. The highest BCUT2D eigenvalue weighted by Crippen LogP contribution is 2.29. The summed E-state index contributed by atoms with van der Waals surface area (Å²) in [6, 6.07) is 0. The molecule has 0 bridgehead atoms. The molecule has 0 fully saturated rings. The predicted octanol–water partition coefficient (Wildman–Crippen LogP) is 1.20. The highest BCUT2D eigenvalue weighted by atomic mass is 19.2. The largest absolute Gasteiger partial charge is 0.420 e. The first-order chi connectivity index (χ1) is 23.2. The van der Waals surface area contributed by atoms with E-state index in [1.54, 1.807) is 0 Å². The Morgan fingerprint density at radius 2 is 0.896 bits per heavy atom. The Kier molecular flexibility index (Phi) is 30.0. The van der Waals surface area contributed by atoms with E-state index >= 15 is 0 Å². The van der Waals surface area contributed by atoms with Crippen molar-refractivity contribution in [3.05, 3.63) is 29.1 Å². The zero-order valence-corrected chi connectivity index (χ0v) is 27.2. The van der Waals surface area contributed by atoms with Crippen LogP contribution in [0.4, 0.5) is 22.0 Å². The zero-order chi connectivity index (χ0) is 35.8. The average molecular weight is 710 g/mol. The molecule has 0 saturated carbocycles. The Balaban J connectivity index is 0.00000155. The second kappa shape index (κ2) is 31.7. The molecule has 0 aromatic heterocycles. The highest BCUT2D eigenvalue weighted by Gasteiger charge is 2.28.